The van der Waals surface area contributed by atoms with Crippen LogP contribution in [-0.2, 0) is 11.8 Å². The standard InChI is InChI=1S/C15H12Cl2F2O/c1-20-15-3-2-12(13(7-16)14(15)8-17)9-4-10(18)6-11(19)5-9/h2-6H,7-8H2,1H3. The van der Waals surface area contributed by atoms with Crippen LogP contribution in [0.3, 0.4) is 0 Å². The number of ether oxygens (including phenoxy) is 1. The van der Waals surface area contributed by atoms with Gasteiger partial charge in [-0.1, -0.05) is 6.07 Å². The van der Waals surface area contributed by atoms with Crippen molar-refractivity contribution in [3.05, 3.63) is 53.1 Å². The second-order valence-electron chi connectivity index (χ2n) is 4.20. The van der Waals surface area contributed by atoms with Crippen LogP contribution in [0.4, 0.5) is 8.78 Å². The highest BCUT2D eigenvalue weighted by Crippen LogP contribution is 2.34. The highest BCUT2D eigenvalue weighted by atomic mass is 35.5. The SMILES string of the molecule is COc1ccc(-c2cc(F)cc(F)c2)c(CCl)c1CCl. The van der Waals surface area contributed by atoms with E-state index >= 15 is 0 Å². The zero-order valence-electron chi connectivity index (χ0n) is 10.7. The molecule has 0 unspecified atom stereocenters. The van der Waals surface area contributed by atoms with Gasteiger partial charge in [0.2, 0.25) is 0 Å². The fourth-order valence-corrected chi connectivity index (χ4v) is 2.74. The monoisotopic (exact) mass is 316 g/mol. The molecule has 0 amide bonds. The fraction of sp³-hybridized carbons (Fsp3) is 0.200. The summed E-state index contributed by atoms with van der Waals surface area (Å²) in [5, 5.41) is 0. The van der Waals surface area contributed by atoms with Gasteiger partial charge in [0.1, 0.15) is 17.4 Å². The Morgan fingerprint density at radius 2 is 1.55 bits per heavy atom. The molecule has 0 bridgehead atoms. The molecule has 0 spiro atoms. The molecule has 0 fully saturated rings. The van der Waals surface area contributed by atoms with Crippen molar-refractivity contribution in [2.75, 3.05) is 7.11 Å². The number of rotatable bonds is 4. The second-order valence-corrected chi connectivity index (χ2v) is 4.73. The zero-order chi connectivity index (χ0) is 14.7. The Labute approximate surface area is 126 Å². The predicted molar refractivity (Wildman–Crippen MR) is 77.5 cm³/mol. The molecular weight excluding hydrogens is 305 g/mol. The minimum Gasteiger partial charge on any atom is -0.496 e. The molecule has 0 atom stereocenters. The van der Waals surface area contributed by atoms with Crippen LogP contribution in [0.25, 0.3) is 11.1 Å². The van der Waals surface area contributed by atoms with E-state index in [1.165, 1.54) is 19.2 Å². The second kappa shape index (κ2) is 6.42. The third kappa shape index (κ3) is 2.89. The number of hydrogen-bond donors (Lipinski definition) is 0. The summed E-state index contributed by atoms with van der Waals surface area (Å²) in [6.45, 7) is 0. The quantitative estimate of drug-likeness (QED) is 0.711. The minimum absolute atomic E-state index is 0.173. The average molecular weight is 317 g/mol. The topological polar surface area (TPSA) is 9.23 Å². The molecule has 0 saturated carbocycles. The van der Waals surface area contributed by atoms with Gasteiger partial charge in [0.05, 0.1) is 13.0 Å². The lowest BCUT2D eigenvalue weighted by Crippen LogP contribution is -1.98. The van der Waals surface area contributed by atoms with Crippen LogP contribution in [0.1, 0.15) is 11.1 Å². The van der Waals surface area contributed by atoms with E-state index in [0.29, 0.717) is 22.4 Å². The van der Waals surface area contributed by atoms with Crippen LogP contribution in [0.15, 0.2) is 30.3 Å². The summed E-state index contributed by atoms with van der Waals surface area (Å²) in [4.78, 5) is 0. The summed E-state index contributed by atoms with van der Waals surface area (Å²) in [5.74, 6) is -0.285. The lowest BCUT2D eigenvalue weighted by atomic mass is 9.96. The first-order valence-corrected chi connectivity index (χ1v) is 6.94. The van der Waals surface area contributed by atoms with Gasteiger partial charge in [-0.25, -0.2) is 8.78 Å². The maximum Gasteiger partial charge on any atom is 0.126 e. The number of benzene rings is 2. The van der Waals surface area contributed by atoms with Gasteiger partial charge in [0, 0.05) is 17.5 Å². The van der Waals surface area contributed by atoms with E-state index in [4.69, 9.17) is 27.9 Å². The van der Waals surface area contributed by atoms with Gasteiger partial charge >= 0.3 is 0 Å². The van der Waals surface area contributed by atoms with E-state index in [1.54, 1.807) is 12.1 Å². The third-order valence-electron chi connectivity index (χ3n) is 3.05. The van der Waals surface area contributed by atoms with Crippen molar-refractivity contribution < 1.29 is 13.5 Å². The number of alkyl halides is 2. The molecule has 5 heteroatoms. The largest absolute Gasteiger partial charge is 0.496 e. The predicted octanol–water partition coefficient (Wildman–Crippen LogP) is 5.12. The van der Waals surface area contributed by atoms with E-state index in [9.17, 15) is 8.78 Å². The molecule has 1 nitrogen and oxygen atoms in total. The molecule has 0 N–H and O–H groups in total. The third-order valence-corrected chi connectivity index (χ3v) is 3.58. The first-order valence-electron chi connectivity index (χ1n) is 5.87. The van der Waals surface area contributed by atoms with E-state index in [-0.39, 0.29) is 11.8 Å². The first-order chi connectivity index (χ1) is 9.60. The van der Waals surface area contributed by atoms with Gasteiger partial charge in [-0.15, -0.1) is 23.2 Å². The van der Waals surface area contributed by atoms with Gasteiger partial charge < -0.3 is 4.74 Å². The van der Waals surface area contributed by atoms with Crippen molar-refractivity contribution in [3.63, 3.8) is 0 Å². The molecular formula is C15H12Cl2F2O. The van der Waals surface area contributed by atoms with Crippen molar-refractivity contribution in [3.8, 4) is 16.9 Å². The molecule has 0 radical (unpaired) electrons. The molecule has 0 heterocycles. The first kappa shape index (κ1) is 15.1. The van der Waals surface area contributed by atoms with Crippen LogP contribution in [-0.4, -0.2) is 7.11 Å². The van der Waals surface area contributed by atoms with Gasteiger partial charge in [0.15, 0.2) is 0 Å². The van der Waals surface area contributed by atoms with E-state index < -0.39 is 11.6 Å². The maximum absolute atomic E-state index is 13.4. The molecule has 2 rings (SSSR count). The van der Waals surface area contributed by atoms with E-state index in [2.05, 4.69) is 0 Å². The average Bonchev–Trinajstić information content (AvgIpc) is 2.44. The molecule has 0 aliphatic heterocycles. The van der Waals surface area contributed by atoms with Crippen LogP contribution in [0, 0.1) is 11.6 Å². The van der Waals surface area contributed by atoms with E-state index in [1.807, 2.05) is 0 Å². The minimum atomic E-state index is -0.635. The van der Waals surface area contributed by atoms with Gasteiger partial charge in [-0.2, -0.15) is 0 Å². The summed E-state index contributed by atoms with van der Waals surface area (Å²) in [7, 11) is 1.53. The summed E-state index contributed by atoms with van der Waals surface area (Å²) in [6, 6.07) is 6.79. The lowest BCUT2D eigenvalue weighted by molar-refractivity contribution is 0.411. The molecule has 2 aromatic rings. The molecule has 2 aromatic carbocycles. The number of halogens is 4. The molecule has 106 valence electrons. The Hall–Kier alpha value is -1.32. The molecule has 20 heavy (non-hydrogen) atoms. The van der Waals surface area contributed by atoms with Crippen LogP contribution < -0.4 is 4.74 Å². The van der Waals surface area contributed by atoms with Crippen molar-refractivity contribution in [1.29, 1.82) is 0 Å². The summed E-state index contributed by atoms with van der Waals surface area (Å²) >= 11 is 11.9. The van der Waals surface area contributed by atoms with Crippen molar-refractivity contribution in [2.24, 2.45) is 0 Å². The summed E-state index contributed by atoms with van der Waals surface area (Å²) in [5.41, 5.74) is 2.51. The van der Waals surface area contributed by atoms with Gasteiger partial charge in [-0.3, -0.25) is 0 Å². The van der Waals surface area contributed by atoms with E-state index in [0.717, 1.165) is 11.6 Å². The number of hydrogen-bond acceptors (Lipinski definition) is 1. The van der Waals surface area contributed by atoms with Gasteiger partial charge in [-0.05, 0) is 34.9 Å². The zero-order valence-corrected chi connectivity index (χ0v) is 12.2. The fourth-order valence-electron chi connectivity index (χ4n) is 2.14. The van der Waals surface area contributed by atoms with Crippen molar-refractivity contribution in [1.82, 2.24) is 0 Å². The molecule has 0 saturated heterocycles. The Morgan fingerprint density at radius 3 is 2.05 bits per heavy atom. The Kier molecular flexibility index (Phi) is 4.84. The highest BCUT2D eigenvalue weighted by molar-refractivity contribution is 6.19. The normalized spacial score (nSPS) is 10.7. The van der Waals surface area contributed by atoms with Crippen LogP contribution in [0.2, 0.25) is 0 Å². The summed E-state index contributed by atoms with van der Waals surface area (Å²) < 4.78 is 31.9. The Balaban J connectivity index is 2.67. The van der Waals surface area contributed by atoms with Crippen molar-refractivity contribution >= 4 is 23.2 Å². The van der Waals surface area contributed by atoms with Crippen LogP contribution in [0.5, 0.6) is 5.75 Å². The smallest absolute Gasteiger partial charge is 0.126 e. The van der Waals surface area contributed by atoms with Crippen LogP contribution >= 0.6 is 23.2 Å². The highest BCUT2D eigenvalue weighted by Gasteiger charge is 2.15. The summed E-state index contributed by atoms with van der Waals surface area (Å²) in [6.07, 6.45) is 0. The maximum atomic E-state index is 13.4. The lowest BCUT2D eigenvalue weighted by Gasteiger charge is -2.15. The molecule has 0 aliphatic rings. The molecule has 0 aromatic heterocycles. The van der Waals surface area contributed by atoms with Gasteiger partial charge in [0.25, 0.3) is 0 Å². The Bertz CT molecular complexity index is 609. The van der Waals surface area contributed by atoms with Crippen molar-refractivity contribution in [2.45, 2.75) is 11.8 Å². The Morgan fingerprint density at radius 1 is 0.950 bits per heavy atom. The molecule has 0 aliphatic carbocycles. The number of methoxy groups -OCH3 is 1.